The standard InChI is InChI=1S/C13H20N2O.ClH/c1-10(2)9-15(3)13(16)12(14)11-7-5-4-6-8-11;/h4-8,10,12H,9,14H2,1-3H3;1H. The van der Waals surface area contributed by atoms with Crippen LogP contribution in [-0.4, -0.2) is 24.4 Å². The summed E-state index contributed by atoms with van der Waals surface area (Å²) >= 11 is 0. The van der Waals surface area contributed by atoms with Crippen LogP contribution in [0.15, 0.2) is 30.3 Å². The first-order valence-electron chi connectivity index (χ1n) is 5.58. The fourth-order valence-corrected chi connectivity index (χ4v) is 1.68. The highest BCUT2D eigenvalue weighted by molar-refractivity contribution is 5.85. The average molecular weight is 257 g/mol. The highest BCUT2D eigenvalue weighted by atomic mass is 35.5. The van der Waals surface area contributed by atoms with E-state index in [0.717, 1.165) is 12.1 Å². The lowest BCUT2D eigenvalue weighted by molar-refractivity contribution is -0.131. The maximum absolute atomic E-state index is 12.0. The van der Waals surface area contributed by atoms with Crippen LogP contribution in [0.4, 0.5) is 0 Å². The van der Waals surface area contributed by atoms with Gasteiger partial charge in [0.15, 0.2) is 0 Å². The van der Waals surface area contributed by atoms with Crippen molar-refractivity contribution in [3.8, 4) is 0 Å². The lowest BCUT2D eigenvalue weighted by Gasteiger charge is -2.23. The van der Waals surface area contributed by atoms with E-state index in [2.05, 4.69) is 13.8 Å². The van der Waals surface area contributed by atoms with Crippen molar-refractivity contribution in [3.05, 3.63) is 35.9 Å². The smallest absolute Gasteiger partial charge is 0.243 e. The molecule has 0 saturated carbocycles. The van der Waals surface area contributed by atoms with Gasteiger partial charge in [0.2, 0.25) is 5.91 Å². The summed E-state index contributed by atoms with van der Waals surface area (Å²) in [5.41, 5.74) is 6.79. The zero-order valence-electron chi connectivity index (χ0n) is 10.6. The number of carbonyl (C=O) groups is 1. The van der Waals surface area contributed by atoms with E-state index < -0.39 is 6.04 Å². The van der Waals surface area contributed by atoms with E-state index in [4.69, 9.17) is 5.73 Å². The number of nitrogens with two attached hydrogens (primary N) is 1. The first-order valence-corrected chi connectivity index (χ1v) is 5.58. The van der Waals surface area contributed by atoms with Gasteiger partial charge in [0.1, 0.15) is 6.04 Å². The number of nitrogens with zero attached hydrogens (tertiary/aromatic N) is 1. The average Bonchev–Trinajstić information content (AvgIpc) is 2.27. The van der Waals surface area contributed by atoms with Gasteiger partial charge in [-0.05, 0) is 11.5 Å². The zero-order valence-corrected chi connectivity index (χ0v) is 11.4. The maximum atomic E-state index is 12.0. The highest BCUT2D eigenvalue weighted by Gasteiger charge is 2.19. The molecule has 96 valence electrons. The zero-order chi connectivity index (χ0) is 12.1. The predicted octanol–water partition coefficient (Wildman–Crippen LogP) is 2.22. The molecule has 17 heavy (non-hydrogen) atoms. The van der Waals surface area contributed by atoms with E-state index in [0.29, 0.717) is 5.92 Å². The van der Waals surface area contributed by atoms with E-state index in [1.165, 1.54) is 0 Å². The van der Waals surface area contributed by atoms with Gasteiger partial charge in [0.05, 0.1) is 0 Å². The number of halogens is 1. The molecule has 3 nitrogen and oxygen atoms in total. The largest absolute Gasteiger partial charge is 0.344 e. The molecule has 0 bridgehead atoms. The van der Waals surface area contributed by atoms with E-state index in [1.807, 2.05) is 30.3 Å². The molecule has 0 aliphatic rings. The number of carbonyl (C=O) groups excluding carboxylic acids is 1. The molecule has 1 aromatic carbocycles. The van der Waals surface area contributed by atoms with Crippen LogP contribution in [-0.2, 0) is 4.79 Å². The van der Waals surface area contributed by atoms with Crippen molar-refractivity contribution in [2.45, 2.75) is 19.9 Å². The molecule has 0 aliphatic heterocycles. The molecule has 0 aliphatic carbocycles. The summed E-state index contributed by atoms with van der Waals surface area (Å²) < 4.78 is 0. The molecule has 4 heteroatoms. The van der Waals surface area contributed by atoms with Crippen LogP contribution in [0, 0.1) is 5.92 Å². The normalized spacial score (nSPS) is 11.8. The molecule has 0 radical (unpaired) electrons. The summed E-state index contributed by atoms with van der Waals surface area (Å²) in [5, 5.41) is 0. The van der Waals surface area contributed by atoms with Crippen LogP contribution < -0.4 is 5.73 Å². The van der Waals surface area contributed by atoms with Crippen molar-refractivity contribution in [1.29, 1.82) is 0 Å². The molecule has 1 unspecified atom stereocenters. The van der Waals surface area contributed by atoms with Crippen LogP contribution >= 0.6 is 12.4 Å². The minimum Gasteiger partial charge on any atom is -0.344 e. The van der Waals surface area contributed by atoms with E-state index >= 15 is 0 Å². The highest BCUT2D eigenvalue weighted by Crippen LogP contribution is 2.12. The number of amides is 1. The number of likely N-dealkylation sites (N-methyl/N-ethyl adjacent to an activating group) is 1. The molecule has 2 N–H and O–H groups in total. The van der Waals surface area contributed by atoms with Gasteiger partial charge >= 0.3 is 0 Å². The molecule has 1 amide bonds. The van der Waals surface area contributed by atoms with Crippen molar-refractivity contribution >= 4 is 18.3 Å². The van der Waals surface area contributed by atoms with Crippen LogP contribution in [0.1, 0.15) is 25.5 Å². The first-order chi connectivity index (χ1) is 7.52. The van der Waals surface area contributed by atoms with Crippen LogP contribution in [0.3, 0.4) is 0 Å². The Morgan fingerprint density at radius 3 is 2.29 bits per heavy atom. The maximum Gasteiger partial charge on any atom is 0.243 e. The number of hydrogen-bond acceptors (Lipinski definition) is 2. The summed E-state index contributed by atoms with van der Waals surface area (Å²) in [4.78, 5) is 13.7. The Balaban J connectivity index is 0.00000256. The Hall–Kier alpha value is -1.06. The summed E-state index contributed by atoms with van der Waals surface area (Å²) in [5.74, 6) is 0.428. The second kappa shape index (κ2) is 7.30. The fraction of sp³-hybridized carbons (Fsp3) is 0.462. The summed E-state index contributed by atoms with van der Waals surface area (Å²) in [6.07, 6.45) is 0. The van der Waals surface area contributed by atoms with Crippen molar-refractivity contribution in [2.24, 2.45) is 11.7 Å². The van der Waals surface area contributed by atoms with E-state index in [1.54, 1.807) is 11.9 Å². The van der Waals surface area contributed by atoms with Gasteiger partial charge in [-0.3, -0.25) is 4.79 Å². The fourth-order valence-electron chi connectivity index (χ4n) is 1.68. The second-order valence-corrected chi connectivity index (χ2v) is 4.50. The molecule has 0 spiro atoms. The molecule has 1 atom stereocenters. The van der Waals surface area contributed by atoms with E-state index in [9.17, 15) is 4.79 Å². The van der Waals surface area contributed by atoms with Gasteiger partial charge in [-0.2, -0.15) is 0 Å². The van der Waals surface area contributed by atoms with Gasteiger partial charge in [0.25, 0.3) is 0 Å². The molecule has 0 fully saturated rings. The quantitative estimate of drug-likeness (QED) is 0.898. The molecule has 0 aromatic heterocycles. The molecular formula is C13H21ClN2O. The molecular weight excluding hydrogens is 236 g/mol. The van der Waals surface area contributed by atoms with Crippen molar-refractivity contribution in [3.63, 3.8) is 0 Å². The van der Waals surface area contributed by atoms with Gasteiger partial charge in [-0.25, -0.2) is 0 Å². The topological polar surface area (TPSA) is 46.3 Å². The van der Waals surface area contributed by atoms with Crippen LogP contribution in [0.5, 0.6) is 0 Å². The second-order valence-electron chi connectivity index (χ2n) is 4.50. The lowest BCUT2D eigenvalue weighted by atomic mass is 10.1. The van der Waals surface area contributed by atoms with Crippen molar-refractivity contribution in [1.82, 2.24) is 4.90 Å². The lowest BCUT2D eigenvalue weighted by Crippen LogP contribution is -2.37. The third-order valence-electron chi connectivity index (χ3n) is 2.44. The third-order valence-corrected chi connectivity index (χ3v) is 2.44. The number of hydrogen-bond donors (Lipinski definition) is 1. The van der Waals surface area contributed by atoms with Crippen LogP contribution in [0.2, 0.25) is 0 Å². The van der Waals surface area contributed by atoms with Crippen LogP contribution in [0.25, 0.3) is 0 Å². The summed E-state index contributed by atoms with van der Waals surface area (Å²) in [6.45, 7) is 4.90. The van der Waals surface area contributed by atoms with Crippen molar-refractivity contribution < 1.29 is 4.79 Å². The Morgan fingerprint density at radius 1 is 1.29 bits per heavy atom. The molecule has 1 rings (SSSR count). The third kappa shape index (κ3) is 4.75. The number of benzene rings is 1. The summed E-state index contributed by atoms with van der Waals surface area (Å²) in [6, 6.07) is 8.91. The Labute approximate surface area is 109 Å². The van der Waals surface area contributed by atoms with Gasteiger partial charge in [-0.15, -0.1) is 12.4 Å². The van der Waals surface area contributed by atoms with Crippen molar-refractivity contribution in [2.75, 3.05) is 13.6 Å². The van der Waals surface area contributed by atoms with Gasteiger partial charge < -0.3 is 10.6 Å². The minimum absolute atomic E-state index is 0. The predicted molar refractivity (Wildman–Crippen MR) is 73.1 cm³/mol. The van der Waals surface area contributed by atoms with Gasteiger partial charge in [-0.1, -0.05) is 44.2 Å². The molecule has 0 heterocycles. The van der Waals surface area contributed by atoms with Gasteiger partial charge in [0, 0.05) is 13.6 Å². The summed E-state index contributed by atoms with van der Waals surface area (Å²) in [7, 11) is 1.80. The first kappa shape index (κ1) is 15.9. The Kier molecular flexibility index (Phi) is 6.85. The van der Waals surface area contributed by atoms with E-state index in [-0.39, 0.29) is 18.3 Å². The monoisotopic (exact) mass is 256 g/mol. The number of rotatable bonds is 4. The molecule has 0 saturated heterocycles. The minimum atomic E-state index is -0.551. The molecule has 1 aromatic rings. The SMILES string of the molecule is CC(C)CN(C)C(=O)C(N)c1ccccc1.Cl. The Morgan fingerprint density at radius 2 is 1.82 bits per heavy atom. The Bertz CT molecular complexity index is 341.